The third kappa shape index (κ3) is 8.80. The molecule has 0 aromatic carbocycles. The first-order chi connectivity index (χ1) is 11.3. The maximum Gasteiger partial charge on any atom is 0.191 e. The van der Waals surface area contributed by atoms with Gasteiger partial charge in [-0.05, 0) is 5.92 Å². The number of hydrogen-bond acceptors (Lipinski definition) is 5. The number of halogens is 1. The highest BCUT2D eigenvalue weighted by molar-refractivity contribution is 14.0. The first kappa shape index (κ1) is 21.9. The van der Waals surface area contributed by atoms with Crippen LogP contribution in [0.5, 0.6) is 0 Å². The third-order valence-electron chi connectivity index (χ3n) is 4.34. The van der Waals surface area contributed by atoms with Gasteiger partial charge < -0.3 is 20.1 Å². The first-order valence-electron chi connectivity index (χ1n) is 8.82. The molecule has 0 radical (unpaired) electrons. The average molecular weight is 455 g/mol. The Kier molecular flexibility index (Phi) is 11.9. The van der Waals surface area contributed by atoms with Crippen molar-refractivity contribution in [3.63, 3.8) is 0 Å². The Bertz CT molecular complexity index is 347. The summed E-state index contributed by atoms with van der Waals surface area (Å²) in [6, 6.07) is 0. The molecule has 24 heavy (non-hydrogen) atoms. The van der Waals surface area contributed by atoms with Gasteiger partial charge in [0.25, 0.3) is 0 Å². The van der Waals surface area contributed by atoms with E-state index in [1.165, 1.54) is 0 Å². The van der Waals surface area contributed by atoms with E-state index in [9.17, 15) is 0 Å². The number of nitrogens with one attached hydrogen (secondary N) is 2. The summed E-state index contributed by atoms with van der Waals surface area (Å²) in [6.45, 7) is 13.9. The highest BCUT2D eigenvalue weighted by Crippen LogP contribution is 2.02. The Morgan fingerprint density at radius 3 is 2.17 bits per heavy atom. The second-order valence-corrected chi connectivity index (χ2v) is 6.35. The molecule has 2 aliphatic rings. The molecule has 2 rings (SSSR count). The zero-order valence-electron chi connectivity index (χ0n) is 15.1. The van der Waals surface area contributed by atoms with Gasteiger partial charge in [0.15, 0.2) is 5.96 Å². The molecule has 0 amide bonds. The SMILES string of the molecule is CN=C(NCCN1CCOCC1)NCC(C)CN1CCOCC1.I. The summed E-state index contributed by atoms with van der Waals surface area (Å²) in [5, 5.41) is 6.83. The molecule has 0 aromatic rings. The van der Waals surface area contributed by atoms with E-state index in [-0.39, 0.29) is 24.0 Å². The number of hydrogen-bond donors (Lipinski definition) is 2. The van der Waals surface area contributed by atoms with Crippen LogP contribution in [0.25, 0.3) is 0 Å². The van der Waals surface area contributed by atoms with Crippen molar-refractivity contribution >= 4 is 29.9 Å². The molecule has 2 N–H and O–H groups in total. The number of nitrogens with zero attached hydrogens (tertiary/aromatic N) is 3. The lowest BCUT2D eigenvalue weighted by Crippen LogP contribution is -2.46. The summed E-state index contributed by atoms with van der Waals surface area (Å²) in [5.74, 6) is 1.48. The summed E-state index contributed by atoms with van der Waals surface area (Å²) in [5.41, 5.74) is 0. The third-order valence-corrected chi connectivity index (χ3v) is 4.34. The van der Waals surface area contributed by atoms with Crippen molar-refractivity contribution < 1.29 is 9.47 Å². The summed E-state index contributed by atoms with van der Waals surface area (Å²) in [6.07, 6.45) is 0. The summed E-state index contributed by atoms with van der Waals surface area (Å²) in [7, 11) is 1.83. The van der Waals surface area contributed by atoms with Gasteiger partial charge in [-0.1, -0.05) is 6.92 Å². The van der Waals surface area contributed by atoms with Crippen molar-refractivity contribution in [2.24, 2.45) is 10.9 Å². The summed E-state index contributed by atoms with van der Waals surface area (Å²) < 4.78 is 10.8. The highest BCUT2D eigenvalue weighted by atomic mass is 127. The van der Waals surface area contributed by atoms with Crippen molar-refractivity contribution in [3.05, 3.63) is 0 Å². The van der Waals surface area contributed by atoms with E-state index in [0.29, 0.717) is 5.92 Å². The van der Waals surface area contributed by atoms with Crippen LogP contribution in [0.2, 0.25) is 0 Å². The quantitative estimate of drug-likeness (QED) is 0.322. The van der Waals surface area contributed by atoms with E-state index in [4.69, 9.17) is 9.47 Å². The van der Waals surface area contributed by atoms with Gasteiger partial charge in [0.2, 0.25) is 0 Å². The van der Waals surface area contributed by atoms with Gasteiger partial charge in [-0.15, -0.1) is 24.0 Å². The number of rotatable bonds is 7. The zero-order chi connectivity index (χ0) is 16.3. The molecule has 1 unspecified atom stereocenters. The lowest BCUT2D eigenvalue weighted by Gasteiger charge is -2.29. The van der Waals surface area contributed by atoms with Crippen LogP contribution >= 0.6 is 24.0 Å². The standard InChI is InChI=1S/C16H33N5O2.HI/c1-15(14-21-7-11-23-12-8-21)13-19-16(17-2)18-3-4-20-5-9-22-10-6-20;/h15H,3-14H2,1-2H3,(H2,17,18,19);1H. The monoisotopic (exact) mass is 455 g/mol. The molecule has 142 valence electrons. The number of morpholine rings is 2. The van der Waals surface area contributed by atoms with E-state index in [2.05, 4.69) is 32.3 Å². The largest absolute Gasteiger partial charge is 0.379 e. The maximum absolute atomic E-state index is 5.39. The molecule has 2 heterocycles. The van der Waals surface area contributed by atoms with Crippen molar-refractivity contribution in [3.8, 4) is 0 Å². The fourth-order valence-electron chi connectivity index (χ4n) is 2.94. The second-order valence-electron chi connectivity index (χ2n) is 6.35. The van der Waals surface area contributed by atoms with Gasteiger partial charge in [0.05, 0.1) is 26.4 Å². The highest BCUT2D eigenvalue weighted by Gasteiger charge is 2.14. The van der Waals surface area contributed by atoms with Crippen LogP contribution in [0.3, 0.4) is 0 Å². The van der Waals surface area contributed by atoms with Gasteiger partial charge >= 0.3 is 0 Å². The summed E-state index contributed by atoms with van der Waals surface area (Å²) >= 11 is 0. The van der Waals surface area contributed by atoms with E-state index in [0.717, 1.165) is 84.7 Å². The van der Waals surface area contributed by atoms with E-state index in [1.807, 2.05) is 7.05 Å². The van der Waals surface area contributed by atoms with Crippen molar-refractivity contribution in [2.45, 2.75) is 6.92 Å². The van der Waals surface area contributed by atoms with E-state index >= 15 is 0 Å². The van der Waals surface area contributed by atoms with Crippen LogP contribution in [0.4, 0.5) is 0 Å². The van der Waals surface area contributed by atoms with Crippen molar-refractivity contribution in [1.82, 2.24) is 20.4 Å². The Hall–Kier alpha value is -0.160. The lowest BCUT2D eigenvalue weighted by molar-refractivity contribution is 0.0320. The normalized spacial score (nSPS) is 21.8. The number of aliphatic imine (C=N–C) groups is 1. The Labute approximate surface area is 163 Å². The Morgan fingerprint density at radius 1 is 1.00 bits per heavy atom. The molecule has 0 aliphatic carbocycles. The molecule has 0 spiro atoms. The minimum Gasteiger partial charge on any atom is -0.379 e. The van der Waals surface area contributed by atoms with Gasteiger partial charge in [-0.2, -0.15) is 0 Å². The molecular weight excluding hydrogens is 421 g/mol. The predicted octanol–water partition coefficient (Wildman–Crippen LogP) is 0.0699. The van der Waals surface area contributed by atoms with Crippen LogP contribution in [-0.2, 0) is 9.47 Å². The second kappa shape index (κ2) is 13.1. The fraction of sp³-hybridized carbons (Fsp3) is 0.938. The molecule has 2 fully saturated rings. The van der Waals surface area contributed by atoms with E-state index < -0.39 is 0 Å². The average Bonchev–Trinajstić information content (AvgIpc) is 2.59. The van der Waals surface area contributed by atoms with Crippen LogP contribution in [0.1, 0.15) is 6.92 Å². The Balaban J connectivity index is 0.00000288. The Morgan fingerprint density at radius 2 is 1.58 bits per heavy atom. The minimum atomic E-state index is 0. The van der Waals surface area contributed by atoms with Crippen LogP contribution in [0, 0.1) is 5.92 Å². The maximum atomic E-state index is 5.39. The lowest BCUT2D eigenvalue weighted by atomic mass is 10.1. The van der Waals surface area contributed by atoms with Gasteiger partial charge in [-0.25, -0.2) is 0 Å². The predicted molar refractivity (Wildman–Crippen MR) is 108 cm³/mol. The van der Waals surface area contributed by atoms with Crippen LogP contribution in [0.15, 0.2) is 4.99 Å². The zero-order valence-corrected chi connectivity index (χ0v) is 17.5. The smallest absolute Gasteiger partial charge is 0.191 e. The molecule has 8 heteroatoms. The van der Waals surface area contributed by atoms with Crippen molar-refractivity contribution in [1.29, 1.82) is 0 Å². The van der Waals surface area contributed by atoms with Crippen LogP contribution in [-0.4, -0.2) is 102 Å². The first-order valence-corrected chi connectivity index (χ1v) is 8.82. The van der Waals surface area contributed by atoms with Gasteiger partial charge in [-0.3, -0.25) is 14.8 Å². The molecule has 2 saturated heterocycles. The molecule has 1 atom stereocenters. The van der Waals surface area contributed by atoms with Crippen molar-refractivity contribution in [2.75, 3.05) is 85.8 Å². The number of ether oxygens (including phenoxy) is 2. The van der Waals surface area contributed by atoms with Gasteiger partial charge in [0.1, 0.15) is 0 Å². The molecule has 7 nitrogen and oxygen atoms in total. The molecule has 0 saturated carbocycles. The minimum absolute atomic E-state index is 0. The topological polar surface area (TPSA) is 61.4 Å². The molecule has 0 bridgehead atoms. The number of guanidine groups is 1. The fourth-order valence-corrected chi connectivity index (χ4v) is 2.94. The molecule has 2 aliphatic heterocycles. The van der Waals surface area contributed by atoms with E-state index in [1.54, 1.807) is 0 Å². The molecular formula is C16H34IN5O2. The molecule has 0 aromatic heterocycles. The summed E-state index contributed by atoms with van der Waals surface area (Å²) in [4.78, 5) is 9.21. The van der Waals surface area contributed by atoms with Crippen LogP contribution < -0.4 is 10.6 Å². The van der Waals surface area contributed by atoms with Gasteiger partial charge in [0, 0.05) is 59.4 Å².